The first-order valence-corrected chi connectivity index (χ1v) is 6.79. The van der Waals surface area contributed by atoms with E-state index in [1.165, 1.54) is 18.4 Å². The number of carbonyl (C=O) groups excluding carboxylic acids is 1. The number of carbonyl (C=O) groups is 1. The summed E-state index contributed by atoms with van der Waals surface area (Å²) in [6.07, 6.45) is 10.9. The highest BCUT2D eigenvalue weighted by Crippen LogP contribution is 2.55. The minimum absolute atomic E-state index is 0.0423. The lowest BCUT2D eigenvalue weighted by Crippen LogP contribution is -2.38. The van der Waals surface area contributed by atoms with Crippen molar-refractivity contribution in [3.8, 4) is 0 Å². The van der Waals surface area contributed by atoms with Crippen molar-refractivity contribution < 1.29 is 9.53 Å². The van der Waals surface area contributed by atoms with E-state index in [0.717, 1.165) is 24.8 Å². The molecule has 0 aromatic carbocycles. The van der Waals surface area contributed by atoms with E-state index in [-0.39, 0.29) is 5.60 Å². The van der Waals surface area contributed by atoms with Crippen molar-refractivity contribution in [3.63, 3.8) is 0 Å². The molecule has 2 aliphatic carbocycles. The molecule has 0 radical (unpaired) electrons. The molecule has 2 nitrogen and oxygen atoms in total. The predicted molar refractivity (Wildman–Crippen MR) is 64.6 cm³/mol. The summed E-state index contributed by atoms with van der Waals surface area (Å²) in [5.41, 5.74) is 1.94. The summed E-state index contributed by atoms with van der Waals surface area (Å²) < 4.78 is 6.42. The highest BCUT2D eigenvalue weighted by molar-refractivity contribution is 6.01. The number of ketones is 1. The van der Waals surface area contributed by atoms with Crippen molar-refractivity contribution in [2.24, 2.45) is 5.92 Å². The van der Waals surface area contributed by atoms with Crippen LogP contribution >= 0.6 is 0 Å². The van der Waals surface area contributed by atoms with Crippen LogP contribution < -0.4 is 0 Å². The summed E-state index contributed by atoms with van der Waals surface area (Å²) in [6.45, 7) is 2.08. The van der Waals surface area contributed by atoms with Gasteiger partial charge in [-0.15, -0.1) is 0 Å². The fourth-order valence-electron chi connectivity index (χ4n) is 4.44. The van der Waals surface area contributed by atoms with Gasteiger partial charge in [-0.3, -0.25) is 4.79 Å². The second-order valence-electron chi connectivity index (χ2n) is 6.19. The largest absolute Gasteiger partial charge is 0.356 e. The van der Waals surface area contributed by atoms with Gasteiger partial charge in [-0.2, -0.15) is 0 Å². The maximum absolute atomic E-state index is 12.1. The minimum Gasteiger partial charge on any atom is -0.356 e. The molecule has 4 rings (SSSR count). The average molecular weight is 230 g/mol. The van der Waals surface area contributed by atoms with Crippen molar-refractivity contribution in [1.82, 2.24) is 0 Å². The molecule has 0 saturated heterocycles. The Morgan fingerprint density at radius 1 is 1.35 bits per heavy atom. The fourth-order valence-corrected chi connectivity index (χ4v) is 4.44. The Bertz CT molecular complexity index is 473. The van der Waals surface area contributed by atoms with Gasteiger partial charge in [-0.1, -0.05) is 11.6 Å². The van der Waals surface area contributed by atoms with Gasteiger partial charge in [0.2, 0.25) is 0 Å². The molecule has 2 heterocycles. The smallest absolute Gasteiger partial charge is 0.162 e. The summed E-state index contributed by atoms with van der Waals surface area (Å²) >= 11 is 0. The maximum atomic E-state index is 12.1. The molecule has 2 aliphatic heterocycles. The molecule has 4 aliphatic rings. The standard InChI is InChI=1S/C15H18O2/c1-14-7-8-15(17-14)6-2-3-11(15)9-10-4-5-12(16)13(10)14/h7-8,11H,2-6,9H2,1H3/t11-,14+,15-/m0/s1. The Kier molecular flexibility index (Phi) is 1.73. The van der Waals surface area contributed by atoms with E-state index in [9.17, 15) is 4.79 Å². The zero-order chi connectivity index (χ0) is 11.7. The first kappa shape index (κ1) is 10.1. The zero-order valence-corrected chi connectivity index (χ0v) is 10.3. The highest BCUT2D eigenvalue weighted by atomic mass is 16.5. The third-order valence-corrected chi connectivity index (χ3v) is 5.17. The van der Waals surface area contributed by atoms with E-state index in [1.807, 2.05) is 0 Å². The maximum Gasteiger partial charge on any atom is 0.162 e. The SMILES string of the molecule is C[C@@]12C=C[C@]3(CCC[C@H]3CC3=C1C(=O)CC3)O2. The second-order valence-corrected chi connectivity index (χ2v) is 6.19. The first-order chi connectivity index (χ1) is 8.13. The summed E-state index contributed by atoms with van der Waals surface area (Å²) in [7, 11) is 0. The number of hydrogen-bond donors (Lipinski definition) is 0. The molecule has 1 spiro atoms. The van der Waals surface area contributed by atoms with Crippen LogP contribution in [0.2, 0.25) is 0 Å². The third kappa shape index (κ3) is 1.12. The molecule has 1 fully saturated rings. The summed E-state index contributed by atoms with van der Waals surface area (Å²) in [5, 5.41) is 0. The minimum atomic E-state index is -0.415. The van der Waals surface area contributed by atoms with Crippen LogP contribution in [-0.4, -0.2) is 17.0 Å². The molecule has 0 N–H and O–H groups in total. The van der Waals surface area contributed by atoms with Crippen LogP contribution in [-0.2, 0) is 9.53 Å². The van der Waals surface area contributed by atoms with Crippen molar-refractivity contribution >= 4 is 5.78 Å². The van der Waals surface area contributed by atoms with Gasteiger partial charge in [0.05, 0.1) is 5.60 Å². The third-order valence-electron chi connectivity index (χ3n) is 5.17. The van der Waals surface area contributed by atoms with E-state index in [2.05, 4.69) is 19.1 Å². The molecular weight excluding hydrogens is 212 g/mol. The molecule has 0 unspecified atom stereocenters. The Balaban J connectivity index is 1.89. The van der Waals surface area contributed by atoms with Gasteiger partial charge in [0, 0.05) is 12.0 Å². The topological polar surface area (TPSA) is 26.3 Å². The number of rotatable bonds is 0. The molecule has 17 heavy (non-hydrogen) atoms. The first-order valence-electron chi connectivity index (χ1n) is 6.79. The van der Waals surface area contributed by atoms with Crippen LogP contribution in [0.15, 0.2) is 23.3 Å². The van der Waals surface area contributed by atoms with Crippen LogP contribution in [0, 0.1) is 5.92 Å². The number of ether oxygens (including phenoxy) is 1. The fraction of sp³-hybridized carbons (Fsp3) is 0.667. The van der Waals surface area contributed by atoms with E-state index in [0.29, 0.717) is 18.1 Å². The van der Waals surface area contributed by atoms with Gasteiger partial charge in [0.25, 0.3) is 0 Å². The lowest BCUT2D eigenvalue weighted by Gasteiger charge is -2.32. The Morgan fingerprint density at radius 3 is 3.12 bits per heavy atom. The summed E-state index contributed by atoms with van der Waals surface area (Å²) in [5.74, 6) is 0.933. The second kappa shape index (κ2) is 2.92. The van der Waals surface area contributed by atoms with Crippen LogP contribution in [0.5, 0.6) is 0 Å². The van der Waals surface area contributed by atoms with Crippen molar-refractivity contribution in [2.75, 3.05) is 0 Å². The van der Waals surface area contributed by atoms with E-state index in [1.54, 1.807) is 0 Å². The van der Waals surface area contributed by atoms with Gasteiger partial charge in [0.15, 0.2) is 5.78 Å². The van der Waals surface area contributed by atoms with E-state index in [4.69, 9.17) is 4.74 Å². The monoisotopic (exact) mass is 230 g/mol. The van der Waals surface area contributed by atoms with Crippen molar-refractivity contribution in [3.05, 3.63) is 23.3 Å². The molecule has 2 bridgehead atoms. The lowest BCUT2D eigenvalue weighted by atomic mass is 9.82. The lowest BCUT2D eigenvalue weighted by molar-refractivity contribution is -0.120. The number of Topliss-reactive ketones (excluding diaryl/α,β-unsaturated/α-hetero) is 1. The number of hydrogen-bond acceptors (Lipinski definition) is 2. The molecule has 90 valence electrons. The van der Waals surface area contributed by atoms with Crippen LogP contribution in [0.3, 0.4) is 0 Å². The van der Waals surface area contributed by atoms with Gasteiger partial charge >= 0.3 is 0 Å². The molecule has 2 heteroatoms. The van der Waals surface area contributed by atoms with Gasteiger partial charge < -0.3 is 4.74 Å². The highest BCUT2D eigenvalue weighted by Gasteiger charge is 2.55. The zero-order valence-electron chi connectivity index (χ0n) is 10.3. The number of fused-ring (bicyclic) bond motifs is 2. The Hall–Kier alpha value is -0.890. The molecule has 0 amide bonds. The predicted octanol–water partition coefficient (Wildman–Crippen LogP) is 2.93. The Morgan fingerprint density at radius 2 is 2.24 bits per heavy atom. The van der Waals surface area contributed by atoms with Crippen molar-refractivity contribution in [2.45, 2.75) is 56.7 Å². The molecule has 1 saturated carbocycles. The van der Waals surface area contributed by atoms with Crippen LogP contribution in [0.1, 0.15) is 45.4 Å². The molecule has 3 atom stereocenters. The van der Waals surface area contributed by atoms with Crippen LogP contribution in [0.25, 0.3) is 0 Å². The average Bonchev–Trinajstić information content (AvgIpc) is 2.90. The molecule has 0 aromatic rings. The molecular formula is C15H18O2. The van der Waals surface area contributed by atoms with Gasteiger partial charge in [0.1, 0.15) is 5.60 Å². The Labute approximate surface area is 102 Å². The van der Waals surface area contributed by atoms with Crippen molar-refractivity contribution in [1.29, 1.82) is 0 Å². The summed E-state index contributed by atoms with van der Waals surface area (Å²) in [4.78, 5) is 12.1. The van der Waals surface area contributed by atoms with Gasteiger partial charge in [-0.05, 0) is 51.0 Å². The quantitative estimate of drug-likeness (QED) is 0.598. The van der Waals surface area contributed by atoms with E-state index < -0.39 is 5.60 Å². The normalized spacial score (nSPS) is 47.4. The van der Waals surface area contributed by atoms with E-state index >= 15 is 0 Å². The van der Waals surface area contributed by atoms with Gasteiger partial charge in [-0.25, -0.2) is 0 Å². The summed E-state index contributed by atoms with van der Waals surface area (Å²) in [6, 6.07) is 0. The molecule has 0 aromatic heterocycles. The number of allylic oxidation sites excluding steroid dienone is 1. The van der Waals surface area contributed by atoms with Crippen LogP contribution in [0.4, 0.5) is 0 Å².